The third kappa shape index (κ3) is 4.44. The van der Waals surface area contributed by atoms with Crippen molar-refractivity contribution in [3.8, 4) is 0 Å². The lowest BCUT2D eigenvalue weighted by molar-refractivity contribution is -0.0232. The summed E-state index contributed by atoms with van der Waals surface area (Å²) in [6.45, 7) is 5.06. The van der Waals surface area contributed by atoms with Gasteiger partial charge < -0.3 is 14.5 Å². The van der Waals surface area contributed by atoms with Crippen LogP contribution in [0.5, 0.6) is 0 Å². The highest BCUT2D eigenvalue weighted by Gasteiger charge is 2.28. The molecule has 1 aromatic heterocycles. The smallest absolute Gasteiger partial charge is 0.272 e. The Labute approximate surface area is 159 Å². The van der Waals surface area contributed by atoms with Gasteiger partial charge >= 0.3 is 0 Å². The van der Waals surface area contributed by atoms with Gasteiger partial charge in [0.15, 0.2) is 0 Å². The summed E-state index contributed by atoms with van der Waals surface area (Å²) in [5.41, 5.74) is 2.53. The largest absolute Gasteiger partial charge is 0.370 e. The molecule has 1 aliphatic rings. The summed E-state index contributed by atoms with van der Waals surface area (Å²) in [6, 6.07) is 9.46. The van der Waals surface area contributed by atoms with Crippen molar-refractivity contribution in [3.05, 3.63) is 52.3 Å². The highest BCUT2D eigenvalue weighted by molar-refractivity contribution is 6.30. The molecule has 3 rings (SSSR count). The van der Waals surface area contributed by atoms with Gasteiger partial charge in [-0.1, -0.05) is 23.7 Å². The molecule has 1 amide bonds. The van der Waals surface area contributed by atoms with Crippen LogP contribution in [0.25, 0.3) is 0 Å². The number of aromatic nitrogens is 2. The Morgan fingerprint density at radius 3 is 2.77 bits per heavy atom. The average molecular weight is 377 g/mol. The van der Waals surface area contributed by atoms with E-state index in [1.165, 1.54) is 0 Å². The molecular weight excluding hydrogens is 352 g/mol. The molecule has 1 saturated heterocycles. The molecule has 1 fully saturated rings. The Hall–Kier alpha value is -1.89. The first-order chi connectivity index (χ1) is 12.4. The Morgan fingerprint density at radius 1 is 1.35 bits per heavy atom. The van der Waals surface area contributed by atoms with Crippen LogP contribution >= 0.6 is 11.6 Å². The molecule has 0 bridgehead atoms. The molecule has 0 radical (unpaired) electrons. The number of benzene rings is 1. The van der Waals surface area contributed by atoms with Crippen molar-refractivity contribution in [1.29, 1.82) is 0 Å². The molecule has 6 nitrogen and oxygen atoms in total. The number of carbonyl (C=O) groups excluding carboxylic acids is 1. The number of hydrogen-bond acceptors (Lipinski definition) is 4. The fourth-order valence-electron chi connectivity index (χ4n) is 3.06. The second kappa shape index (κ2) is 8.20. The molecule has 2 aromatic rings. The minimum atomic E-state index is -0.135. The zero-order chi connectivity index (χ0) is 18.7. The molecule has 1 atom stereocenters. The number of morpholine rings is 1. The first-order valence-electron chi connectivity index (χ1n) is 8.79. The number of carbonyl (C=O) groups is 1. The number of nitrogens with zero attached hydrogens (tertiary/aromatic N) is 4. The van der Waals surface area contributed by atoms with Crippen molar-refractivity contribution in [2.75, 3.05) is 40.3 Å². The molecule has 2 heterocycles. The second-order valence-corrected chi connectivity index (χ2v) is 7.30. The lowest BCUT2D eigenvalue weighted by Crippen LogP contribution is -2.43. The molecule has 0 spiro atoms. The van der Waals surface area contributed by atoms with E-state index >= 15 is 0 Å². The number of hydrogen-bond donors (Lipinski definition) is 0. The van der Waals surface area contributed by atoms with Crippen LogP contribution in [0.3, 0.4) is 0 Å². The van der Waals surface area contributed by atoms with E-state index in [1.54, 1.807) is 0 Å². The highest BCUT2D eigenvalue weighted by Crippen LogP contribution is 2.24. The van der Waals surface area contributed by atoms with E-state index in [1.807, 2.05) is 60.9 Å². The molecule has 0 N–H and O–H groups in total. The Balaban J connectivity index is 1.74. The topological polar surface area (TPSA) is 50.6 Å². The van der Waals surface area contributed by atoms with Gasteiger partial charge in [0.25, 0.3) is 5.91 Å². The highest BCUT2D eigenvalue weighted by atomic mass is 35.5. The lowest BCUT2D eigenvalue weighted by atomic mass is 10.1. The average Bonchev–Trinajstić information content (AvgIpc) is 3.01. The predicted molar refractivity (Wildman–Crippen MR) is 102 cm³/mol. The van der Waals surface area contributed by atoms with Gasteiger partial charge in [-0.25, -0.2) is 0 Å². The Kier molecular flexibility index (Phi) is 5.96. The molecule has 7 heteroatoms. The van der Waals surface area contributed by atoms with E-state index < -0.39 is 0 Å². The summed E-state index contributed by atoms with van der Waals surface area (Å²) in [7, 11) is 4.02. The fraction of sp³-hybridized carbons (Fsp3) is 0.474. The van der Waals surface area contributed by atoms with Gasteiger partial charge in [-0.2, -0.15) is 5.10 Å². The molecule has 140 valence electrons. The van der Waals surface area contributed by atoms with E-state index in [4.69, 9.17) is 16.3 Å². The van der Waals surface area contributed by atoms with E-state index in [2.05, 4.69) is 10.00 Å². The van der Waals surface area contributed by atoms with Crippen molar-refractivity contribution in [2.24, 2.45) is 0 Å². The zero-order valence-electron chi connectivity index (χ0n) is 15.5. The standard InChI is InChI=1S/C19H25ClN4O2/c1-14-12-17(24(21-14)9-8-22(2)3)19(25)23-10-11-26-18(13-23)15-4-6-16(20)7-5-15/h4-7,12,18H,8-11,13H2,1-3H3/t18-/m0/s1. The molecule has 1 aromatic carbocycles. The van der Waals surface area contributed by atoms with Crippen molar-refractivity contribution in [1.82, 2.24) is 19.6 Å². The molecule has 26 heavy (non-hydrogen) atoms. The normalized spacial score (nSPS) is 17.7. The van der Waals surface area contributed by atoms with E-state index in [9.17, 15) is 4.79 Å². The van der Waals surface area contributed by atoms with Crippen molar-refractivity contribution < 1.29 is 9.53 Å². The predicted octanol–water partition coefficient (Wildman–Crippen LogP) is 2.62. The van der Waals surface area contributed by atoms with Gasteiger partial charge in [0.05, 0.1) is 25.4 Å². The van der Waals surface area contributed by atoms with Crippen LogP contribution in [-0.4, -0.2) is 65.8 Å². The van der Waals surface area contributed by atoms with Crippen molar-refractivity contribution in [2.45, 2.75) is 19.6 Å². The molecule has 0 saturated carbocycles. The number of halogens is 1. The zero-order valence-corrected chi connectivity index (χ0v) is 16.2. The SMILES string of the molecule is Cc1cc(C(=O)N2CCO[C@H](c3ccc(Cl)cc3)C2)n(CCN(C)C)n1. The van der Waals surface area contributed by atoms with Gasteiger partial charge in [0.2, 0.25) is 0 Å². The molecular formula is C19H25ClN4O2. The number of rotatable bonds is 5. The van der Waals surface area contributed by atoms with Crippen LogP contribution in [-0.2, 0) is 11.3 Å². The number of ether oxygens (including phenoxy) is 1. The summed E-state index contributed by atoms with van der Waals surface area (Å²) in [4.78, 5) is 17.0. The monoisotopic (exact) mass is 376 g/mol. The minimum Gasteiger partial charge on any atom is -0.370 e. The molecule has 1 aliphatic heterocycles. The van der Waals surface area contributed by atoms with E-state index in [0.29, 0.717) is 37.0 Å². The van der Waals surface area contributed by atoms with Crippen LogP contribution in [0, 0.1) is 6.92 Å². The third-order valence-corrected chi connectivity index (χ3v) is 4.73. The van der Waals surface area contributed by atoms with E-state index in [0.717, 1.165) is 17.8 Å². The Bertz CT molecular complexity index is 757. The maximum atomic E-state index is 13.1. The summed E-state index contributed by atoms with van der Waals surface area (Å²) in [5, 5.41) is 5.17. The molecule has 0 aliphatic carbocycles. The summed E-state index contributed by atoms with van der Waals surface area (Å²) < 4.78 is 7.68. The Morgan fingerprint density at radius 2 is 2.08 bits per heavy atom. The number of likely N-dealkylation sites (N-methyl/N-ethyl adjacent to an activating group) is 1. The second-order valence-electron chi connectivity index (χ2n) is 6.86. The van der Waals surface area contributed by atoms with Crippen molar-refractivity contribution in [3.63, 3.8) is 0 Å². The summed E-state index contributed by atoms with van der Waals surface area (Å²) >= 11 is 5.96. The van der Waals surface area contributed by atoms with Crippen LogP contribution in [0.15, 0.2) is 30.3 Å². The molecule has 0 unspecified atom stereocenters. The third-order valence-electron chi connectivity index (χ3n) is 4.48. The van der Waals surface area contributed by atoms with E-state index in [-0.39, 0.29) is 12.0 Å². The minimum absolute atomic E-state index is 0.00613. The van der Waals surface area contributed by atoms with Gasteiger partial charge in [0, 0.05) is 18.1 Å². The maximum absolute atomic E-state index is 13.1. The van der Waals surface area contributed by atoms with Gasteiger partial charge in [-0.3, -0.25) is 9.48 Å². The first-order valence-corrected chi connectivity index (χ1v) is 9.17. The number of amides is 1. The number of aryl methyl sites for hydroxylation is 1. The van der Waals surface area contributed by atoms with Crippen LogP contribution in [0.4, 0.5) is 0 Å². The van der Waals surface area contributed by atoms with Crippen molar-refractivity contribution >= 4 is 17.5 Å². The summed E-state index contributed by atoms with van der Waals surface area (Å²) in [6.07, 6.45) is -0.135. The maximum Gasteiger partial charge on any atom is 0.272 e. The first kappa shape index (κ1) is 18.9. The lowest BCUT2D eigenvalue weighted by Gasteiger charge is -2.33. The van der Waals surface area contributed by atoms with Crippen LogP contribution < -0.4 is 0 Å². The van der Waals surface area contributed by atoms with Gasteiger partial charge in [-0.05, 0) is 44.8 Å². The quantitative estimate of drug-likeness (QED) is 0.805. The van der Waals surface area contributed by atoms with Crippen LogP contribution in [0.2, 0.25) is 5.02 Å². The van der Waals surface area contributed by atoms with Gasteiger partial charge in [0.1, 0.15) is 11.8 Å². The van der Waals surface area contributed by atoms with Crippen LogP contribution in [0.1, 0.15) is 27.8 Å². The fourth-order valence-corrected chi connectivity index (χ4v) is 3.18. The van der Waals surface area contributed by atoms with Gasteiger partial charge in [-0.15, -0.1) is 0 Å². The summed E-state index contributed by atoms with van der Waals surface area (Å²) in [5.74, 6) is 0.00613.